The summed E-state index contributed by atoms with van der Waals surface area (Å²) < 4.78 is 2.19. The highest BCUT2D eigenvalue weighted by Crippen LogP contribution is 2.21. The largest absolute Gasteiger partial charge is 0.316 e. The van der Waals surface area contributed by atoms with Crippen LogP contribution in [0.5, 0.6) is 0 Å². The molecule has 0 bridgehead atoms. The smallest absolute Gasteiger partial charge is 0.0628 e. The minimum Gasteiger partial charge on any atom is -0.316 e. The van der Waals surface area contributed by atoms with E-state index in [0.29, 0.717) is 5.92 Å². The van der Waals surface area contributed by atoms with E-state index in [9.17, 15) is 0 Å². The molecule has 1 aromatic heterocycles. The molecule has 0 amide bonds. The number of hydrogen-bond acceptors (Lipinski definition) is 2. The van der Waals surface area contributed by atoms with Gasteiger partial charge in [-0.3, -0.25) is 4.68 Å². The van der Waals surface area contributed by atoms with Crippen LogP contribution < -0.4 is 5.32 Å². The van der Waals surface area contributed by atoms with Gasteiger partial charge in [-0.05, 0) is 43.7 Å². The Hall–Kier alpha value is -0.830. The summed E-state index contributed by atoms with van der Waals surface area (Å²) >= 11 is 0. The van der Waals surface area contributed by atoms with E-state index in [-0.39, 0.29) is 5.41 Å². The second kappa shape index (κ2) is 6.56. The van der Waals surface area contributed by atoms with Crippen molar-refractivity contribution in [1.82, 2.24) is 15.1 Å². The fraction of sp³-hybridized carbons (Fsp3) is 0.812. The quantitative estimate of drug-likeness (QED) is 0.819. The molecule has 19 heavy (non-hydrogen) atoms. The van der Waals surface area contributed by atoms with Crippen LogP contribution in [0.15, 0.2) is 0 Å². The Morgan fingerprint density at radius 2 is 1.89 bits per heavy atom. The lowest BCUT2D eigenvalue weighted by atomic mass is 9.93. The van der Waals surface area contributed by atoms with Gasteiger partial charge in [0.15, 0.2) is 0 Å². The minimum absolute atomic E-state index is 0.225. The van der Waals surface area contributed by atoms with E-state index in [1.807, 2.05) is 0 Å². The predicted molar refractivity (Wildman–Crippen MR) is 82.6 cm³/mol. The molecule has 0 aliphatic rings. The second-order valence-corrected chi connectivity index (χ2v) is 6.85. The van der Waals surface area contributed by atoms with Crippen molar-refractivity contribution in [3.8, 4) is 0 Å². The van der Waals surface area contributed by atoms with Crippen LogP contribution in [-0.2, 0) is 13.0 Å². The summed E-state index contributed by atoms with van der Waals surface area (Å²) in [5.74, 6) is 0.705. The third-order valence-electron chi connectivity index (χ3n) is 3.62. The highest BCUT2D eigenvalue weighted by Gasteiger charge is 2.21. The van der Waals surface area contributed by atoms with Gasteiger partial charge in [0.25, 0.3) is 0 Å². The summed E-state index contributed by atoms with van der Waals surface area (Å²) in [6.07, 6.45) is 1.07. The third-order valence-corrected chi connectivity index (χ3v) is 3.62. The number of nitrogens with one attached hydrogen (secondary N) is 1. The number of rotatable bonds is 7. The SMILES string of the molecule is CCc1c(C)nn(CC(C)(C)CNCC(C)C)c1C. The molecule has 0 fully saturated rings. The first-order chi connectivity index (χ1) is 8.76. The summed E-state index contributed by atoms with van der Waals surface area (Å²) in [6.45, 7) is 18.7. The van der Waals surface area contributed by atoms with Crippen LogP contribution >= 0.6 is 0 Å². The molecule has 1 N–H and O–H groups in total. The van der Waals surface area contributed by atoms with E-state index in [4.69, 9.17) is 5.10 Å². The normalized spacial score (nSPS) is 12.4. The highest BCUT2D eigenvalue weighted by molar-refractivity contribution is 5.24. The molecule has 0 aromatic carbocycles. The van der Waals surface area contributed by atoms with Crippen molar-refractivity contribution in [2.75, 3.05) is 13.1 Å². The number of aromatic nitrogens is 2. The lowest BCUT2D eigenvalue weighted by molar-refractivity contribution is 0.269. The molecule has 0 aliphatic carbocycles. The maximum absolute atomic E-state index is 4.70. The monoisotopic (exact) mass is 265 g/mol. The molecular weight excluding hydrogens is 234 g/mol. The third kappa shape index (κ3) is 4.64. The van der Waals surface area contributed by atoms with Crippen LogP contribution in [-0.4, -0.2) is 22.9 Å². The van der Waals surface area contributed by atoms with E-state index in [1.54, 1.807) is 0 Å². The fourth-order valence-electron chi connectivity index (χ4n) is 2.56. The summed E-state index contributed by atoms with van der Waals surface area (Å²) in [5.41, 5.74) is 4.15. The molecule has 0 spiro atoms. The zero-order valence-electron chi connectivity index (χ0n) is 13.8. The first-order valence-corrected chi connectivity index (χ1v) is 7.50. The van der Waals surface area contributed by atoms with Crippen LogP contribution in [0, 0.1) is 25.2 Å². The molecule has 0 saturated carbocycles. The van der Waals surface area contributed by atoms with E-state index >= 15 is 0 Å². The van der Waals surface area contributed by atoms with E-state index in [1.165, 1.54) is 17.0 Å². The van der Waals surface area contributed by atoms with E-state index < -0.39 is 0 Å². The zero-order valence-corrected chi connectivity index (χ0v) is 13.8. The average Bonchev–Trinajstić information content (AvgIpc) is 2.52. The molecule has 0 unspecified atom stereocenters. The van der Waals surface area contributed by atoms with E-state index in [2.05, 4.69) is 58.5 Å². The zero-order chi connectivity index (χ0) is 14.6. The van der Waals surface area contributed by atoms with Gasteiger partial charge in [-0.15, -0.1) is 0 Å². The summed E-state index contributed by atoms with van der Waals surface area (Å²) in [6, 6.07) is 0. The van der Waals surface area contributed by atoms with Crippen LogP contribution in [0.25, 0.3) is 0 Å². The first-order valence-electron chi connectivity index (χ1n) is 7.50. The lowest BCUT2D eigenvalue weighted by Crippen LogP contribution is -2.35. The maximum atomic E-state index is 4.70. The van der Waals surface area contributed by atoms with Crippen molar-refractivity contribution in [3.63, 3.8) is 0 Å². The molecule has 0 atom stereocenters. The Labute approximate surface area is 118 Å². The predicted octanol–water partition coefficient (Wildman–Crippen LogP) is 3.33. The van der Waals surface area contributed by atoms with Crippen LogP contribution in [0.3, 0.4) is 0 Å². The fourth-order valence-corrected chi connectivity index (χ4v) is 2.56. The number of hydrogen-bond donors (Lipinski definition) is 1. The van der Waals surface area contributed by atoms with Gasteiger partial charge in [0.05, 0.1) is 5.69 Å². The lowest BCUT2D eigenvalue weighted by Gasteiger charge is -2.26. The number of nitrogens with zero attached hydrogens (tertiary/aromatic N) is 2. The van der Waals surface area contributed by atoms with Gasteiger partial charge in [0.1, 0.15) is 0 Å². The molecule has 1 heterocycles. The molecule has 3 heteroatoms. The molecule has 3 nitrogen and oxygen atoms in total. The molecule has 1 aromatic rings. The number of aryl methyl sites for hydroxylation is 1. The van der Waals surface area contributed by atoms with Crippen molar-refractivity contribution in [2.24, 2.45) is 11.3 Å². The maximum Gasteiger partial charge on any atom is 0.0628 e. The topological polar surface area (TPSA) is 29.9 Å². The molecule has 1 rings (SSSR count). The van der Waals surface area contributed by atoms with Crippen molar-refractivity contribution in [3.05, 3.63) is 17.0 Å². The van der Waals surface area contributed by atoms with Crippen LogP contribution in [0.1, 0.15) is 51.6 Å². The van der Waals surface area contributed by atoms with Gasteiger partial charge < -0.3 is 5.32 Å². The molecule has 110 valence electrons. The Kier molecular flexibility index (Phi) is 5.60. The van der Waals surface area contributed by atoms with Crippen LogP contribution in [0.2, 0.25) is 0 Å². The second-order valence-electron chi connectivity index (χ2n) is 6.85. The summed E-state index contributed by atoms with van der Waals surface area (Å²) in [4.78, 5) is 0. The van der Waals surface area contributed by atoms with Crippen molar-refractivity contribution >= 4 is 0 Å². The van der Waals surface area contributed by atoms with Crippen molar-refractivity contribution < 1.29 is 0 Å². The van der Waals surface area contributed by atoms with Crippen LogP contribution in [0.4, 0.5) is 0 Å². The Balaban J connectivity index is 2.67. The van der Waals surface area contributed by atoms with Gasteiger partial charge in [-0.2, -0.15) is 5.10 Å². The van der Waals surface area contributed by atoms with Gasteiger partial charge in [-0.25, -0.2) is 0 Å². The van der Waals surface area contributed by atoms with Crippen molar-refractivity contribution in [1.29, 1.82) is 0 Å². The Bertz CT molecular complexity index is 402. The van der Waals surface area contributed by atoms with Gasteiger partial charge in [0, 0.05) is 18.8 Å². The Morgan fingerprint density at radius 3 is 2.37 bits per heavy atom. The Morgan fingerprint density at radius 1 is 1.26 bits per heavy atom. The molecular formula is C16H31N3. The van der Waals surface area contributed by atoms with Gasteiger partial charge in [-0.1, -0.05) is 34.6 Å². The first kappa shape index (κ1) is 16.2. The summed E-state index contributed by atoms with van der Waals surface area (Å²) in [7, 11) is 0. The van der Waals surface area contributed by atoms with E-state index in [0.717, 1.165) is 26.1 Å². The molecule has 0 saturated heterocycles. The molecule has 0 radical (unpaired) electrons. The average molecular weight is 265 g/mol. The van der Waals surface area contributed by atoms with Gasteiger partial charge in [0.2, 0.25) is 0 Å². The molecule has 0 aliphatic heterocycles. The van der Waals surface area contributed by atoms with Gasteiger partial charge >= 0.3 is 0 Å². The summed E-state index contributed by atoms with van der Waals surface area (Å²) in [5, 5.41) is 8.26. The highest BCUT2D eigenvalue weighted by atomic mass is 15.3. The van der Waals surface area contributed by atoms with Crippen molar-refractivity contribution in [2.45, 2.75) is 61.4 Å². The minimum atomic E-state index is 0.225. The standard InChI is InChI=1S/C16H31N3/c1-8-15-13(4)18-19(14(15)5)11-16(6,7)10-17-9-12(2)3/h12,17H,8-11H2,1-7H3.